The number of alkyl halides is 3. The summed E-state index contributed by atoms with van der Waals surface area (Å²) in [6, 6.07) is 17.0. The number of cyclic esters (lactones) is 1. The minimum atomic E-state index is -4.70. The standard InChI is InChI=1S/C31H33F3N2O5S/c1-3-16-30(17-15-21-9-6-5-7-10-21)19-26(37)28(29(38)41-30)25(4-2)22-11-8-12-24(18-22)36-42(39,40)27-14-13-23(20-35-27)31(32,33)34/h5-14,18,20,25,36-37H,3-4,15-17,19H2,1-2H3/i/hD2. The number of aliphatic hydroxyl groups is 1. The van der Waals surface area contributed by atoms with Crippen molar-refractivity contribution in [2.45, 2.75) is 75.1 Å². The van der Waals surface area contributed by atoms with Crippen molar-refractivity contribution in [3.63, 3.8) is 0 Å². The molecule has 0 spiro atoms. The summed E-state index contributed by atoms with van der Waals surface area (Å²) in [7, 11) is -4.64. The number of nitrogens with zero attached hydrogens (tertiary/aromatic N) is 1. The predicted molar refractivity (Wildman–Crippen MR) is 152 cm³/mol. The Morgan fingerprint density at radius 1 is 1.12 bits per heavy atom. The second-order valence-electron chi connectivity index (χ2n) is 10.3. The largest absolute Gasteiger partial charge is 0.512 e. The maximum Gasteiger partial charge on any atom is 0.417 e. The number of carbonyl (C=O) groups excluding carboxylic acids is 1. The SMILES string of the molecule is [2H]OC1=C(C(CC)c2cccc(N([2H])S(=O)(=O)c3ccc(C(F)(F)F)cn3)c2)C(=O)OC(CCC)(CCc2ccccc2)C1. The second kappa shape index (κ2) is 12.6. The minimum Gasteiger partial charge on any atom is -0.512 e. The summed E-state index contributed by atoms with van der Waals surface area (Å²) in [5.41, 5.74) is -0.399. The molecule has 11 heteroatoms. The highest BCUT2D eigenvalue weighted by Crippen LogP contribution is 2.42. The first-order chi connectivity index (χ1) is 20.8. The zero-order valence-corrected chi connectivity index (χ0v) is 24.0. The Balaban J connectivity index is 1.64. The first-order valence-corrected chi connectivity index (χ1v) is 15.1. The van der Waals surface area contributed by atoms with E-state index in [1.165, 1.54) is 18.2 Å². The van der Waals surface area contributed by atoms with E-state index in [9.17, 15) is 26.4 Å². The average Bonchev–Trinajstić information content (AvgIpc) is 3.01. The van der Waals surface area contributed by atoms with E-state index in [0.717, 1.165) is 12.0 Å². The molecular weight excluding hydrogens is 569 g/mol. The van der Waals surface area contributed by atoms with Gasteiger partial charge in [-0.3, -0.25) is 4.72 Å². The fourth-order valence-corrected chi connectivity index (χ4v) is 6.20. The van der Waals surface area contributed by atoms with Gasteiger partial charge in [0.1, 0.15) is 11.4 Å². The lowest BCUT2D eigenvalue weighted by atomic mass is 9.80. The van der Waals surface area contributed by atoms with E-state index >= 15 is 0 Å². The number of nitrogens with one attached hydrogen (secondary N) is 1. The summed E-state index contributed by atoms with van der Waals surface area (Å²) in [5, 5.41) is 4.32. The number of hydrogen-bond acceptors (Lipinski definition) is 6. The number of pyridine rings is 1. The second-order valence-corrected chi connectivity index (χ2v) is 11.9. The number of hydrogen-bond donors (Lipinski definition) is 2. The minimum absolute atomic E-state index is 0.121. The van der Waals surface area contributed by atoms with E-state index in [0.29, 0.717) is 49.6 Å². The smallest absolute Gasteiger partial charge is 0.417 e. The number of aromatic nitrogens is 1. The third-order valence-corrected chi connectivity index (χ3v) is 8.53. The van der Waals surface area contributed by atoms with Crippen LogP contribution in [0.1, 0.15) is 68.6 Å². The first kappa shape index (κ1) is 28.3. The molecule has 1 aliphatic heterocycles. The predicted octanol–water partition coefficient (Wildman–Crippen LogP) is 7.33. The number of sulfonamides is 1. The lowest BCUT2D eigenvalue weighted by molar-refractivity contribution is -0.161. The van der Waals surface area contributed by atoms with Crippen LogP contribution < -0.4 is 4.72 Å². The maximum atomic E-state index is 13.6. The molecule has 7 nitrogen and oxygen atoms in total. The van der Waals surface area contributed by atoms with Crippen LogP contribution in [0.5, 0.6) is 0 Å². The highest BCUT2D eigenvalue weighted by atomic mass is 32.2. The Morgan fingerprint density at radius 2 is 1.88 bits per heavy atom. The highest BCUT2D eigenvalue weighted by Gasteiger charge is 2.43. The third kappa shape index (κ3) is 7.13. The molecule has 0 saturated heterocycles. The number of aryl methyl sites for hydroxylation is 1. The zero-order valence-electron chi connectivity index (χ0n) is 25.2. The van der Waals surface area contributed by atoms with Crippen LogP contribution in [0.2, 0.25) is 1.41 Å². The van der Waals surface area contributed by atoms with Gasteiger partial charge in [-0.25, -0.2) is 9.78 Å². The van der Waals surface area contributed by atoms with Gasteiger partial charge < -0.3 is 9.85 Å². The molecule has 1 aromatic heterocycles. The number of aliphatic hydroxyl groups excluding tert-OH is 1. The van der Waals surface area contributed by atoms with Gasteiger partial charge in [0.15, 0.2) is 6.44 Å². The quantitative estimate of drug-likeness (QED) is 0.210. The van der Waals surface area contributed by atoms with Crippen molar-refractivity contribution in [3.05, 3.63) is 101 Å². The van der Waals surface area contributed by atoms with Crippen LogP contribution in [0.15, 0.2) is 89.3 Å². The number of esters is 1. The summed E-state index contributed by atoms with van der Waals surface area (Å²) >= 11 is 0. The number of halogens is 3. The number of carbonyl (C=O) groups is 1. The third-order valence-electron chi connectivity index (χ3n) is 7.31. The van der Waals surface area contributed by atoms with E-state index in [4.69, 9.17) is 12.7 Å². The Morgan fingerprint density at radius 3 is 2.50 bits per heavy atom. The summed E-state index contributed by atoms with van der Waals surface area (Å²) in [4.78, 5) is 17.1. The van der Waals surface area contributed by atoms with E-state index in [1.54, 1.807) is 6.07 Å². The Labute approximate surface area is 246 Å². The van der Waals surface area contributed by atoms with Crippen molar-refractivity contribution in [2.24, 2.45) is 0 Å². The Bertz CT molecular complexity index is 1600. The van der Waals surface area contributed by atoms with E-state index in [2.05, 4.69) is 4.98 Å². The summed E-state index contributed by atoms with van der Waals surface area (Å²) in [5.74, 6) is -1.11. The van der Waals surface area contributed by atoms with Gasteiger partial charge in [-0.15, -0.1) is 0 Å². The summed E-state index contributed by atoms with van der Waals surface area (Å²) in [6.45, 7) is 3.80. The molecule has 2 unspecified atom stereocenters. The molecule has 0 saturated carbocycles. The topological polar surface area (TPSA) is 106 Å². The summed E-state index contributed by atoms with van der Waals surface area (Å²) in [6.07, 6.45) is -1.24. The van der Waals surface area contributed by atoms with Crippen LogP contribution in [-0.4, -0.2) is 30.1 Å². The van der Waals surface area contributed by atoms with Gasteiger partial charge >= 0.3 is 12.1 Å². The van der Waals surface area contributed by atoms with Crippen molar-refractivity contribution < 1.29 is 37.6 Å². The lowest BCUT2D eigenvalue weighted by Gasteiger charge is -2.38. The van der Waals surface area contributed by atoms with Crippen LogP contribution in [-0.2, 0) is 32.2 Å². The molecule has 42 heavy (non-hydrogen) atoms. The molecule has 1 aliphatic rings. The molecule has 4 rings (SSSR count). The molecule has 0 amide bonds. The van der Waals surface area contributed by atoms with Gasteiger partial charge in [0.25, 0.3) is 11.5 Å². The van der Waals surface area contributed by atoms with Crippen LogP contribution in [0, 0.1) is 0 Å². The molecule has 0 fully saturated rings. The van der Waals surface area contributed by atoms with E-state index < -0.39 is 44.3 Å². The van der Waals surface area contributed by atoms with Gasteiger partial charge in [-0.1, -0.05) is 62.7 Å². The van der Waals surface area contributed by atoms with Gasteiger partial charge in [-0.2, -0.15) is 21.6 Å². The molecule has 2 heterocycles. The molecule has 2 aromatic carbocycles. The Kier molecular flexibility index (Phi) is 8.46. The van der Waals surface area contributed by atoms with Crippen molar-refractivity contribution in [2.75, 3.05) is 4.72 Å². The van der Waals surface area contributed by atoms with E-state index in [1.807, 2.05) is 44.2 Å². The van der Waals surface area contributed by atoms with Gasteiger partial charge in [-0.05, 0) is 61.1 Å². The molecular formula is C31H33F3N2O5S. The van der Waals surface area contributed by atoms with Crippen molar-refractivity contribution in [1.82, 2.24) is 4.98 Å². The average molecular weight is 605 g/mol. The number of rotatable bonds is 12. The number of ether oxygens (including phenoxy) is 1. The monoisotopic (exact) mass is 604 g/mol. The number of anilines is 1. The Hall–Kier alpha value is -3.86. The molecule has 3 aromatic rings. The fourth-order valence-electron chi connectivity index (χ4n) is 5.29. The van der Waals surface area contributed by atoms with Gasteiger partial charge in [0, 0.05) is 24.2 Å². The molecule has 224 valence electrons. The van der Waals surface area contributed by atoms with Crippen molar-refractivity contribution in [1.29, 1.82) is 1.43 Å². The lowest BCUT2D eigenvalue weighted by Crippen LogP contribution is -2.41. The van der Waals surface area contributed by atoms with Crippen molar-refractivity contribution >= 4 is 21.7 Å². The van der Waals surface area contributed by atoms with Crippen LogP contribution in [0.25, 0.3) is 1.43 Å². The van der Waals surface area contributed by atoms with Crippen molar-refractivity contribution in [3.8, 4) is 0 Å². The molecule has 2 atom stereocenters. The van der Waals surface area contributed by atoms with Gasteiger partial charge in [0.2, 0.25) is 0 Å². The molecule has 0 aliphatic carbocycles. The zero-order chi connectivity index (χ0) is 32.1. The summed E-state index contributed by atoms with van der Waals surface area (Å²) < 4.78 is 87.3. The normalized spacial score (nSPS) is 19.0. The van der Waals surface area contributed by atoms with Gasteiger partial charge in [0.05, 0.1) is 11.1 Å². The molecule has 0 bridgehead atoms. The number of benzene rings is 2. The molecule has 2 N–H and O–H groups in total. The fraction of sp³-hybridized carbons (Fsp3) is 0.355. The first-order valence-electron chi connectivity index (χ1n) is 14.5. The van der Waals surface area contributed by atoms with Crippen LogP contribution in [0.3, 0.4) is 0 Å². The highest BCUT2D eigenvalue weighted by molar-refractivity contribution is 7.92. The maximum absolute atomic E-state index is 13.6. The van der Waals surface area contributed by atoms with E-state index in [-0.39, 0.29) is 28.2 Å². The molecule has 0 radical (unpaired) electrons. The van der Waals surface area contributed by atoms with Crippen LogP contribution >= 0.6 is 0 Å². The van der Waals surface area contributed by atoms with Crippen LogP contribution in [0.4, 0.5) is 18.9 Å².